The standard InChI is InChI=1S/C30H50O18/c1-10(32)43-9-20-23(37)25(39)27(41)29(48-20)45-16-6-12(33)5-15-13(16)7-18(46-30-26(40)24(38)22(36)19(8-31)47-30)28(44-15)11-3-14(34)21(35)17(4-11)42-2/h11-31,33-41H,3-9H2,1-2H3/p+1. The lowest BCUT2D eigenvalue weighted by Gasteiger charge is -2.50. The molecule has 48 heavy (non-hydrogen) atoms. The van der Waals surface area contributed by atoms with Crippen LogP contribution < -0.4 is 0 Å². The molecule has 0 aromatic rings. The zero-order chi connectivity index (χ0) is 35.0. The Balaban J connectivity index is 1.39. The summed E-state index contributed by atoms with van der Waals surface area (Å²) in [7, 11) is 1.41. The zero-order valence-electron chi connectivity index (χ0n) is 26.8. The number of methoxy groups -OCH3 is 1. The number of aliphatic hydroxyl groups excluding tert-OH is 10. The predicted molar refractivity (Wildman–Crippen MR) is 156 cm³/mol. The van der Waals surface area contributed by atoms with Gasteiger partial charge in [0, 0.05) is 32.8 Å². The SMILES string of the molecule is COC1CC(C2[OH+]C3CC(O)CC(OC4OC(COC(C)=O)C(O)C(O)C4O)C3CC2OC2OC(CO)C(O)C(O)C2O)CC(O)C1O. The Kier molecular flexibility index (Phi) is 12.7. The second kappa shape index (κ2) is 16.0. The van der Waals surface area contributed by atoms with Gasteiger partial charge in [-0.15, -0.1) is 0 Å². The molecular formula is C30H51O18+. The molecule has 18 heteroatoms. The first-order valence-electron chi connectivity index (χ1n) is 16.4. The number of carbonyl (C=O) groups excluding carboxylic acids is 1. The van der Waals surface area contributed by atoms with Gasteiger partial charge in [0.1, 0.15) is 67.6 Å². The summed E-state index contributed by atoms with van der Waals surface area (Å²) in [5.74, 6) is -1.57. The highest BCUT2D eigenvalue weighted by Crippen LogP contribution is 2.44. The first-order valence-corrected chi connectivity index (χ1v) is 16.4. The number of carbonyl (C=O) groups is 1. The van der Waals surface area contributed by atoms with Gasteiger partial charge in [-0.1, -0.05) is 0 Å². The molecule has 3 saturated heterocycles. The fourth-order valence-corrected chi connectivity index (χ4v) is 7.80. The second-order valence-corrected chi connectivity index (χ2v) is 13.7. The molecule has 0 aromatic heterocycles. The largest absolute Gasteiger partial charge is 0.463 e. The second-order valence-electron chi connectivity index (χ2n) is 13.7. The van der Waals surface area contributed by atoms with E-state index >= 15 is 0 Å². The number of hydrogen-bond acceptors (Lipinski definition) is 17. The summed E-state index contributed by atoms with van der Waals surface area (Å²) in [5, 5.41) is 105. The molecule has 3 aliphatic heterocycles. The number of aliphatic hydroxyl groups is 12. The minimum absolute atomic E-state index is 0.0635. The van der Waals surface area contributed by atoms with Gasteiger partial charge in [-0.05, 0) is 19.3 Å². The molecule has 5 fully saturated rings. The van der Waals surface area contributed by atoms with Crippen LogP contribution in [0.1, 0.15) is 39.0 Å². The van der Waals surface area contributed by atoms with Crippen LogP contribution in [0.25, 0.3) is 0 Å². The van der Waals surface area contributed by atoms with E-state index in [4.69, 9.17) is 33.2 Å². The van der Waals surface area contributed by atoms with Gasteiger partial charge in [-0.3, -0.25) is 4.79 Å². The van der Waals surface area contributed by atoms with E-state index in [0.29, 0.717) is 0 Å². The Morgan fingerprint density at radius 3 is 1.92 bits per heavy atom. The van der Waals surface area contributed by atoms with Crippen LogP contribution in [0.3, 0.4) is 0 Å². The maximum absolute atomic E-state index is 11.4. The topological polar surface area (TPSA) is 288 Å². The van der Waals surface area contributed by atoms with Crippen LogP contribution in [0.15, 0.2) is 0 Å². The molecule has 20 atom stereocenters. The van der Waals surface area contributed by atoms with Crippen molar-refractivity contribution < 1.29 is 89.0 Å². The summed E-state index contributed by atoms with van der Waals surface area (Å²) >= 11 is 0. The van der Waals surface area contributed by atoms with Gasteiger partial charge in [0.2, 0.25) is 0 Å². The van der Waals surface area contributed by atoms with Crippen molar-refractivity contribution in [3.63, 3.8) is 0 Å². The molecule has 0 radical (unpaired) electrons. The minimum atomic E-state index is -1.71. The highest BCUT2D eigenvalue weighted by Gasteiger charge is 2.57. The van der Waals surface area contributed by atoms with Crippen molar-refractivity contribution in [3.8, 4) is 0 Å². The fraction of sp³-hybridized carbons (Fsp3) is 0.967. The number of rotatable bonds is 9. The lowest BCUT2D eigenvalue weighted by atomic mass is 9.72. The quantitative estimate of drug-likeness (QED) is 0.0793. The van der Waals surface area contributed by atoms with E-state index in [1.807, 2.05) is 0 Å². The monoisotopic (exact) mass is 699 g/mol. The Labute approximate surface area is 276 Å². The molecule has 5 rings (SSSR count). The van der Waals surface area contributed by atoms with E-state index in [-0.39, 0.29) is 32.1 Å². The Morgan fingerprint density at radius 2 is 1.31 bits per heavy atom. The molecule has 18 nitrogen and oxygen atoms in total. The Hall–Kier alpha value is -1.17. The van der Waals surface area contributed by atoms with Gasteiger partial charge in [0.25, 0.3) is 0 Å². The van der Waals surface area contributed by atoms with Crippen LogP contribution in [-0.2, 0) is 33.2 Å². The van der Waals surface area contributed by atoms with Crippen LogP contribution in [0.4, 0.5) is 0 Å². The third kappa shape index (κ3) is 7.99. The van der Waals surface area contributed by atoms with Gasteiger partial charge < -0.3 is 84.2 Å². The van der Waals surface area contributed by atoms with Crippen LogP contribution in [0.2, 0.25) is 0 Å². The van der Waals surface area contributed by atoms with Gasteiger partial charge in [-0.25, -0.2) is 0 Å². The van der Waals surface area contributed by atoms with E-state index in [2.05, 4.69) is 0 Å². The van der Waals surface area contributed by atoms with E-state index < -0.39 is 141 Å². The summed E-state index contributed by atoms with van der Waals surface area (Å²) in [5.41, 5.74) is 0. The van der Waals surface area contributed by atoms with Crippen molar-refractivity contribution in [2.75, 3.05) is 20.3 Å². The first-order chi connectivity index (χ1) is 22.7. The molecule has 0 amide bonds. The third-order valence-corrected chi connectivity index (χ3v) is 10.5. The molecule has 2 aliphatic carbocycles. The predicted octanol–water partition coefficient (Wildman–Crippen LogP) is -5.49. The third-order valence-electron chi connectivity index (χ3n) is 10.5. The summed E-state index contributed by atoms with van der Waals surface area (Å²) in [4.78, 5) is 11.4. The zero-order valence-corrected chi connectivity index (χ0v) is 26.8. The van der Waals surface area contributed by atoms with Gasteiger partial charge in [-0.2, -0.15) is 0 Å². The maximum atomic E-state index is 11.4. The number of esters is 1. The van der Waals surface area contributed by atoms with Gasteiger partial charge >= 0.3 is 5.97 Å². The van der Waals surface area contributed by atoms with E-state index in [9.17, 15) is 55.9 Å². The molecule has 278 valence electrons. The fourth-order valence-electron chi connectivity index (χ4n) is 7.80. The van der Waals surface area contributed by atoms with Crippen molar-refractivity contribution in [2.45, 2.75) is 149 Å². The minimum Gasteiger partial charge on any atom is -0.463 e. The van der Waals surface area contributed by atoms with Crippen molar-refractivity contribution in [1.82, 2.24) is 0 Å². The van der Waals surface area contributed by atoms with Crippen molar-refractivity contribution in [2.24, 2.45) is 11.8 Å². The Bertz CT molecular complexity index is 1050. The molecule has 5 aliphatic rings. The highest BCUT2D eigenvalue weighted by molar-refractivity contribution is 5.65. The van der Waals surface area contributed by atoms with Crippen LogP contribution in [0, 0.1) is 11.8 Å². The Morgan fingerprint density at radius 1 is 0.708 bits per heavy atom. The molecule has 2 saturated carbocycles. The van der Waals surface area contributed by atoms with Crippen LogP contribution >= 0.6 is 0 Å². The van der Waals surface area contributed by atoms with Crippen molar-refractivity contribution in [3.05, 3.63) is 0 Å². The molecule has 0 bridgehead atoms. The average molecular weight is 700 g/mol. The summed E-state index contributed by atoms with van der Waals surface area (Å²) in [6, 6.07) is 0. The smallest absolute Gasteiger partial charge is 0.302 e. The molecule has 3 heterocycles. The van der Waals surface area contributed by atoms with Crippen molar-refractivity contribution >= 4 is 5.97 Å². The van der Waals surface area contributed by atoms with E-state index in [1.54, 1.807) is 0 Å². The summed E-state index contributed by atoms with van der Waals surface area (Å²) in [6.07, 6.45) is -21.6. The molecule has 0 aromatic carbocycles. The average Bonchev–Trinajstić information content (AvgIpc) is 3.05. The maximum Gasteiger partial charge on any atom is 0.302 e. The molecular weight excluding hydrogens is 648 g/mol. The summed E-state index contributed by atoms with van der Waals surface area (Å²) < 4.78 is 39.2. The highest BCUT2D eigenvalue weighted by atomic mass is 16.7. The normalized spacial score (nSPS) is 51.6. The van der Waals surface area contributed by atoms with Gasteiger partial charge in [0.05, 0.1) is 36.9 Å². The molecule has 11 N–H and O–H groups in total. The van der Waals surface area contributed by atoms with Crippen LogP contribution in [-0.4, -0.2) is 192 Å². The van der Waals surface area contributed by atoms with Crippen molar-refractivity contribution in [1.29, 1.82) is 0 Å². The molecule has 20 unspecified atom stereocenters. The lowest BCUT2D eigenvalue weighted by molar-refractivity contribution is -0.368. The van der Waals surface area contributed by atoms with Gasteiger partial charge in [0.15, 0.2) is 24.8 Å². The number of hydrogen-bond donors (Lipinski definition) is 10. The number of fused-ring (bicyclic) bond motifs is 1. The van der Waals surface area contributed by atoms with Crippen LogP contribution in [0.5, 0.6) is 0 Å². The summed E-state index contributed by atoms with van der Waals surface area (Å²) in [6.45, 7) is 0.0642. The van der Waals surface area contributed by atoms with E-state index in [0.717, 1.165) is 6.92 Å². The number of ether oxygens (including phenoxy) is 7. The molecule has 0 spiro atoms. The first kappa shape index (κ1) is 38.1. The lowest BCUT2D eigenvalue weighted by Crippen LogP contribution is -2.64. The van der Waals surface area contributed by atoms with E-state index in [1.165, 1.54) is 7.11 Å².